The van der Waals surface area contributed by atoms with Crippen molar-refractivity contribution in [3.63, 3.8) is 0 Å². The lowest BCUT2D eigenvalue weighted by Crippen LogP contribution is -2.42. The van der Waals surface area contributed by atoms with Crippen LogP contribution in [0.15, 0.2) is 54.7 Å². The van der Waals surface area contributed by atoms with Gasteiger partial charge in [-0.2, -0.15) is 0 Å². The number of amides is 1. The van der Waals surface area contributed by atoms with Crippen molar-refractivity contribution in [1.29, 1.82) is 0 Å². The fourth-order valence-electron chi connectivity index (χ4n) is 3.37. The number of benzene rings is 2. The van der Waals surface area contributed by atoms with Gasteiger partial charge in [0.15, 0.2) is 7.85 Å². The standard InChI is InChI=1S/C23H24BN3O/c1-15-10-9-13-18(16(15)2)19-14-25-22(24)26-20(19)27(5)21(28)23(3,4)17-11-7-6-8-12-17/h6-14H,1-5H3. The zero-order chi connectivity index (χ0) is 20.5. The summed E-state index contributed by atoms with van der Waals surface area (Å²) in [6.45, 7) is 7.96. The summed E-state index contributed by atoms with van der Waals surface area (Å²) in [7, 11) is 7.61. The quantitative estimate of drug-likeness (QED) is 0.662. The Morgan fingerprint density at radius 2 is 1.68 bits per heavy atom. The molecule has 0 aliphatic rings. The summed E-state index contributed by atoms with van der Waals surface area (Å²) in [5.74, 6) is 0.443. The van der Waals surface area contributed by atoms with E-state index in [1.54, 1.807) is 18.1 Å². The molecule has 2 radical (unpaired) electrons. The SMILES string of the molecule is [B]c1ncc(-c2cccc(C)c2C)c(N(C)C(=O)C(C)(C)c2ccccc2)n1. The van der Waals surface area contributed by atoms with E-state index in [2.05, 4.69) is 29.9 Å². The van der Waals surface area contributed by atoms with Crippen molar-refractivity contribution in [2.24, 2.45) is 0 Å². The molecule has 0 unspecified atom stereocenters. The molecule has 3 aromatic rings. The summed E-state index contributed by atoms with van der Waals surface area (Å²) in [6, 6.07) is 15.8. The molecule has 0 saturated carbocycles. The molecule has 0 spiro atoms. The Morgan fingerprint density at radius 1 is 1.00 bits per heavy atom. The molecule has 5 heteroatoms. The van der Waals surface area contributed by atoms with Crippen LogP contribution in [-0.2, 0) is 10.2 Å². The summed E-state index contributed by atoms with van der Waals surface area (Å²) in [5, 5.41) is 0. The Bertz CT molecular complexity index is 1020. The fourth-order valence-corrected chi connectivity index (χ4v) is 3.37. The van der Waals surface area contributed by atoms with Gasteiger partial charge in [0.05, 0.1) is 11.1 Å². The second-order valence-corrected chi connectivity index (χ2v) is 7.57. The first-order valence-corrected chi connectivity index (χ1v) is 9.26. The van der Waals surface area contributed by atoms with Gasteiger partial charge in [-0.05, 0) is 49.9 Å². The third-order valence-electron chi connectivity index (χ3n) is 5.33. The second kappa shape index (κ2) is 7.59. The summed E-state index contributed by atoms with van der Waals surface area (Å²) < 4.78 is 0. The summed E-state index contributed by atoms with van der Waals surface area (Å²) >= 11 is 0. The third-order valence-corrected chi connectivity index (χ3v) is 5.33. The highest BCUT2D eigenvalue weighted by Crippen LogP contribution is 2.33. The summed E-state index contributed by atoms with van der Waals surface area (Å²) in [4.78, 5) is 23.6. The molecule has 0 fully saturated rings. The van der Waals surface area contributed by atoms with E-state index >= 15 is 0 Å². The Morgan fingerprint density at radius 3 is 2.36 bits per heavy atom. The van der Waals surface area contributed by atoms with E-state index in [0.29, 0.717) is 5.82 Å². The molecule has 0 atom stereocenters. The summed E-state index contributed by atoms with van der Waals surface area (Å²) in [5.41, 5.74) is 4.44. The predicted octanol–water partition coefficient (Wildman–Crippen LogP) is 3.49. The molecule has 1 heterocycles. The van der Waals surface area contributed by atoms with Crippen LogP contribution in [0, 0.1) is 13.8 Å². The van der Waals surface area contributed by atoms with Crippen LogP contribution in [0.5, 0.6) is 0 Å². The van der Waals surface area contributed by atoms with Crippen LogP contribution in [0.1, 0.15) is 30.5 Å². The Balaban J connectivity index is 2.09. The van der Waals surface area contributed by atoms with Gasteiger partial charge in [-0.15, -0.1) is 0 Å². The number of hydrogen-bond acceptors (Lipinski definition) is 3. The van der Waals surface area contributed by atoms with Crippen molar-refractivity contribution in [1.82, 2.24) is 9.97 Å². The molecule has 0 aliphatic heterocycles. The number of carbonyl (C=O) groups excluding carboxylic acids is 1. The van der Waals surface area contributed by atoms with Crippen LogP contribution >= 0.6 is 0 Å². The minimum atomic E-state index is -0.714. The van der Waals surface area contributed by atoms with Gasteiger partial charge < -0.3 is 0 Å². The maximum absolute atomic E-state index is 13.4. The Kier molecular flexibility index (Phi) is 5.37. The van der Waals surface area contributed by atoms with Crippen LogP contribution in [0.3, 0.4) is 0 Å². The van der Waals surface area contributed by atoms with E-state index < -0.39 is 5.41 Å². The van der Waals surface area contributed by atoms with E-state index in [0.717, 1.165) is 22.3 Å². The lowest BCUT2D eigenvalue weighted by molar-refractivity contribution is -0.122. The Labute approximate surface area is 168 Å². The monoisotopic (exact) mass is 369 g/mol. The number of anilines is 1. The molecule has 28 heavy (non-hydrogen) atoms. The molecule has 0 saturated heterocycles. The van der Waals surface area contributed by atoms with Crippen LogP contribution < -0.4 is 10.6 Å². The number of aryl methyl sites for hydroxylation is 1. The fraction of sp³-hybridized carbons (Fsp3) is 0.261. The van der Waals surface area contributed by atoms with Gasteiger partial charge in [0.1, 0.15) is 5.82 Å². The molecule has 1 aromatic heterocycles. The lowest BCUT2D eigenvalue weighted by atomic mass is 9.83. The van der Waals surface area contributed by atoms with Crippen molar-refractivity contribution in [3.8, 4) is 11.1 Å². The van der Waals surface area contributed by atoms with Gasteiger partial charge in [-0.3, -0.25) is 14.7 Å². The maximum Gasteiger partial charge on any atom is 0.237 e. The number of carbonyl (C=O) groups is 1. The highest BCUT2D eigenvalue weighted by molar-refractivity contribution is 6.29. The topological polar surface area (TPSA) is 46.1 Å². The van der Waals surface area contributed by atoms with Crippen molar-refractivity contribution in [2.75, 3.05) is 11.9 Å². The first kappa shape index (κ1) is 19.8. The van der Waals surface area contributed by atoms with E-state index in [4.69, 9.17) is 7.85 Å². The first-order chi connectivity index (χ1) is 13.2. The number of likely N-dealkylation sites (N-methyl/N-ethyl adjacent to an activating group) is 1. The first-order valence-electron chi connectivity index (χ1n) is 9.26. The van der Waals surface area contributed by atoms with Crippen molar-refractivity contribution < 1.29 is 4.79 Å². The molecule has 4 nitrogen and oxygen atoms in total. The minimum absolute atomic E-state index is 0.0663. The summed E-state index contributed by atoms with van der Waals surface area (Å²) in [6.07, 6.45) is 1.69. The lowest BCUT2D eigenvalue weighted by Gasteiger charge is -2.30. The molecule has 0 aliphatic carbocycles. The largest absolute Gasteiger partial charge is 0.299 e. The van der Waals surface area contributed by atoms with E-state index in [1.165, 1.54) is 5.56 Å². The van der Waals surface area contributed by atoms with Crippen molar-refractivity contribution in [3.05, 3.63) is 71.4 Å². The number of aromatic nitrogens is 2. The average molecular weight is 369 g/mol. The van der Waals surface area contributed by atoms with Crippen LogP contribution in [0.2, 0.25) is 0 Å². The molecule has 0 N–H and O–H groups in total. The van der Waals surface area contributed by atoms with Gasteiger partial charge in [-0.1, -0.05) is 48.5 Å². The smallest absolute Gasteiger partial charge is 0.237 e. The molecule has 0 bridgehead atoms. The minimum Gasteiger partial charge on any atom is -0.299 e. The molecule has 2 aromatic carbocycles. The van der Waals surface area contributed by atoms with Gasteiger partial charge in [-0.25, -0.2) is 4.98 Å². The van der Waals surface area contributed by atoms with Crippen LogP contribution in [0.4, 0.5) is 5.82 Å². The number of nitrogens with zero attached hydrogens (tertiary/aromatic N) is 3. The van der Waals surface area contributed by atoms with E-state index in [1.807, 2.05) is 56.3 Å². The molecular formula is C23H24BN3O. The Hall–Kier alpha value is -2.95. The van der Waals surface area contributed by atoms with Gasteiger partial charge >= 0.3 is 0 Å². The van der Waals surface area contributed by atoms with Crippen molar-refractivity contribution in [2.45, 2.75) is 33.1 Å². The second-order valence-electron chi connectivity index (χ2n) is 7.57. The van der Waals surface area contributed by atoms with Gasteiger partial charge in [0, 0.05) is 18.8 Å². The normalized spacial score (nSPS) is 11.3. The molecular weight excluding hydrogens is 345 g/mol. The number of rotatable bonds is 4. The highest BCUT2D eigenvalue weighted by atomic mass is 16.2. The third kappa shape index (κ3) is 3.57. The maximum atomic E-state index is 13.4. The average Bonchev–Trinajstić information content (AvgIpc) is 2.70. The predicted molar refractivity (Wildman–Crippen MR) is 115 cm³/mol. The van der Waals surface area contributed by atoms with Gasteiger partial charge in [0.25, 0.3) is 0 Å². The van der Waals surface area contributed by atoms with E-state index in [-0.39, 0.29) is 11.6 Å². The van der Waals surface area contributed by atoms with Crippen LogP contribution in [0.25, 0.3) is 11.1 Å². The molecule has 3 rings (SSSR count). The van der Waals surface area contributed by atoms with Gasteiger partial charge in [0.2, 0.25) is 5.91 Å². The molecule has 1 amide bonds. The zero-order valence-electron chi connectivity index (χ0n) is 17.0. The van der Waals surface area contributed by atoms with Crippen LogP contribution in [-0.4, -0.2) is 30.8 Å². The van der Waals surface area contributed by atoms with Crippen molar-refractivity contribution >= 4 is 25.3 Å². The van der Waals surface area contributed by atoms with E-state index in [9.17, 15) is 4.79 Å². The number of hydrogen-bond donors (Lipinski definition) is 0. The zero-order valence-corrected chi connectivity index (χ0v) is 17.0. The molecule has 140 valence electrons. The highest BCUT2D eigenvalue weighted by Gasteiger charge is 2.34.